The Morgan fingerprint density at radius 3 is 2.67 bits per heavy atom. The molecule has 0 unspecified atom stereocenters. The third kappa shape index (κ3) is 4.26. The zero-order chi connectivity index (χ0) is 15.2. The Bertz CT molecular complexity index is 525. The average molecular weight is 291 g/mol. The van der Waals surface area contributed by atoms with Crippen molar-refractivity contribution in [2.75, 3.05) is 25.4 Å². The maximum Gasteiger partial charge on any atom is 0.292 e. The van der Waals surface area contributed by atoms with Crippen molar-refractivity contribution in [3.8, 4) is 0 Å². The Hall–Kier alpha value is -1.95. The van der Waals surface area contributed by atoms with E-state index in [1.54, 1.807) is 6.07 Å². The first-order valence-electron chi connectivity index (χ1n) is 7.37. The van der Waals surface area contributed by atoms with Gasteiger partial charge in [0.2, 0.25) is 0 Å². The Labute approximate surface area is 124 Å². The number of hydrogen-bond donors (Lipinski definition) is 1. The van der Waals surface area contributed by atoms with E-state index in [0.29, 0.717) is 12.0 Å². The largest absolute Gasteiger partial charge is 0.393 e. The summed E-state index contributed by atoms with van der Waals surface area (Å²) in [6.07, 6.45) is 4.97. The van der Waals surface area contributed by atoms with Crippen LogP contribution in [0.1, 0.15) is 42.5 Å². The predicted octanol–water partition coefficient (Wildman–Crippen LogP) is 2.63. The van der Waals surface area contributed by atoms with Gasteiger partial charge in [0.1, 0.15) is 5.69 Å². The summed E-state index contributed by atoms with van der Waals surface area (Å²) in [4.78, 5) is 24.7. The Morgan fingerprint density at radius 2 is 2.00 bits per heavy atom. The SMILES string of the molecule is Nc1ccc(C(=O)CCCN2CCCCC2)cc1[N+](=O)[O-]. The molecule has 1 saturated heterocycles. The van der Waals surface area contributed by atoms with Crippen molar-refractivity contribution in [3.63, 3.8) is 0 Å². The van der Waals surface area contributed by atoms with Gasteiger partial charge in [0.15, 0.2) is 5.78 Å². The number of ketones is 1. The van der Waals surface area contributed by atoms with Gasteiger partial charge in [-0.05, 0) is 51.0 Å². The number of nitro benzene ring substituents is 1. The molecular weight excluding hydrogens is 270 g/mol. The van der Waals surface area contributed by atoms with Crippen LogP contribution in [0.15, 0.2) is 18.2 Å². The summed E-state index contributed by atoms with van der Waals surface area (Å²) in [5, 5.41) is 10.8. The first-order chi connectivity index (χ1) is 10.1. The molecule has 21 heavy (non-hydrogen) atoms. The van der Waals surface area contributed by atoms with Crippen molar-refractivity contribution >= 4 is 17.2 Å². The molecular formula is C15H21N3O3. The number of Topliss-reactive ketones (excluding diaryl/α,β-unsaturated/α-hetero) is 1. The van der Waals surface area contributed by atoms with Crippen LogP contribution in [-0.2, 0) is 0 Å². The minimum absolute atomic E-state index is 0.0601. The third-order valence-electron chi connectivity index (χ3n) is 3.88. The molecule has 6 nitrogen and oxygen atoms in total. The molecule has 1 fully saturated rings. The monoisotopic (exact) mass is 291 g/mol. The van der Waals surface area contributed by atoms with Gasteiger partial charge >= 0.3 is 0 Å². The fourth-order valence-corrected chi connectivity index (χ4v) is 2.67. The van der Waals surface area contributed by atoms with Gasteiger partial charge in [-0.25, -0.2) is 0 Å². The number of piperidine rings is 1. The van der Waals surface area contributed by atoms with E-state index >= 15 is 0 Å². The van der Waals surface area contributed by atoms with Gasteiger partial charge in [0.05, 0.1) is 4.92 Å². The van der Waals surface area contributed by atoms with E-state index in [1.165, 1.54) is 31.4 Å². The highest BCUT2D eigenvalue weighted by molar-refractivity contribution is 5.97. The predicted molar refractivity (Wildman–Crippen MR) is 81.4 cm³/mol. The normalized spacial score (nSPS) is 15.8. The molecule has 1 aromatic carbocycles. The Morgan fingerprint density at radius 1 is 1.29 bits per heavy atom. The van der Waals surface area contributed by atoms with Crippen LogP contribution in [0.2, 0.25) is 0 Å². The van der Waals surface area contributed by atoms with Crippen molar-refractivity contribution in [3.05, 3.63) is 33.9 Å². The molecule has 0 atom stereocenters. The van der Waals surface area contributed by atoms with Crippen molar-refractivity contribution in [1.82, 2.24) is 4.90 Å². The smallest absolute Gasteiger partial charge is 0.292 e. The van der Waals surface area contributed by atoms with Gasteiger partial charge in [-0.15, -0.1) is 0 Å². The van der Waals surface area contributed by atoms with E-state index in [9.17, 15) is 14.9 Å². The van der Waals surface area contributed by atoms with Gasteiger partial charge in [-0.3, -0.25) is 14.9 Å². The molecule has 2 N–H and O–H groups in total. The van der Waals surface area contributed by atoms with Crippen LogP contribution in [0.25, 0.3) is 0 Å². The summed E-state index contributed by atoms with van der Waals surface area (Å²) in [6.45, 7) is 3.14. The lowest BCUT2D eigenvalue weighted by Crippen LogP contribution is -2.30. The number of benzene rings is 1. The van der Waals surface area contributed by atoms with E-state index < -0.39 is 4.92 Å². The van der Waals surface area contributed by atoms with E-state index in [4.69, 9.17) is 5.73 Å². The molecule has 0 spiro atoms. The summed E-state index contributed by atoms with van der Waals surface area (Å²) in [7, 11) is 0. The van der Waals surface area contributed by atoms with Crippen molar-refractivity contribution in [2.24, 2.45) is 0 Å². The second-order valence-electron chi connectivity index (χ2n) is 5.46. The molecule has 0 bridgehead atoms. The molecule has 0 amide bonds. The summed E-state index contributed by atoms with van der Waals surface area (Å²) in [6, 6.07) is 4.26. The second kappa shape index (κ2) is 7.17. The number of nitrogens with zero attached hydrogens (tertiary/aromatic N) is 2. The fraction of sp³-hybridized carbons (Fsp3) is 0.533. The quantitative estimate of drug-likeness (QED) is 0.376. The molecule has 6 heteroatoms. The zero-order valence-corrected chi connectivity index (χ0v) is 12.1. The van der Waals surface area contributed by atoms with Crippen molar-refractivity contribution < 1.29 is 9.72 Å². The van der Waals surface area contributed by atoms with E-state index in [0.717, 1.165) is 26.1 Å². The lowest BCUT2D eigenvalue weighted by molar-refractivity contribution is -0.383. The van der Waals surface area contributed by atoms with Crippen LogP contribution < -0.4 is 5.73 Å². The standard InChI is InChI=1S/C15H21N3O3/c16-13-7-6-12(11-14(13)18(20)21)15(19)5-4-10-17-8-2-1-3-9-17/h6-7,11H,1-5,8-10,16H2. The lowest BCUT2D eigenvalue weighted by atomic mass is 10.0. The Balaban J connectivity index is 1.88. The summed E-state index contributed by atoms with van der Waals surface area (Å²) in [5.74, 6) is -0.0601. The molecule has 0 radical (unpaired) electrons. The Kier molecular flexibility index (Phi) is 5.27. The number of carbonyl (C=O) groups excluding carboxylic acids is 1. The molecule has 1 heterocycles. The molecule has 1 aliphatic heterocycles. The minimum Gasteiger partial charge on any atom is -0.393 e. The highest BCUT2D eigenvalue weighted by atomic mass is 16.6. The summed E-state index contributed by atoms with van der Waals surface area (Å²) < 4.78 is 0. The first kappa shape index (κ1) is 15.4. The average Bonchev–Trinajstić information content (AvgIpc) is 2.48. The van der Waals surface area contributed by atoms with E-state index in [-0.39, 0.29) is 17.2 Å². The minimum atomic E-state index is -0.556. The highest BCUT2D eigenvalue weighted by Crippen LogP contribution is 2.23. The summed E-state index contributed by atoms with van der Waals surface area (Å²) >= 11 is 0. The van der Waals surface area contributed by atoms with Gasteiger partial charge in [0.25, 0.3) is 5.69 Å². The van der Waals surface area contributed by atoms with Crippen molar-refractivity contribution in [2.45, 2.75) is 32.1 Å². The van der Waals surface area contributed by atoms with E-state index in [1.807, 2.05) is 0 Å². The number of rotatable bonds is 6. The highest BCUT2D eigenvalue weighted by Gasteiger charge is 2.16. The second-order valence-corrected chi connectivity index (χ2v) is 5.46. The first-order valence-corrected chi connectivity index (χ1v) is 7.37. The molecule has 1 aliphatic rings. The van der Waals surface area contributed by atoms with Crippen LogP contribution in [0, 0.1) is 10.1 Å². The van der Waals surface area contributed by atoms with Gasteiger partial charge in [-0.1, -0.05) is 6.42 Å². The van der Waals surface area contributed by atoms with Gasteiger partial charge < -0.3 is 10.6 Å². The molecule has 2 rings (SSSR count). The van der Waals surface area contributed by atoms with Gasteiger partial charge in [-0.2, -0.15) is 0 Å². The van der Waals surface area contributed by atoms with Crippen LogP contribution in [-0.4, -0.2) is 35.2 Å². The van der Waals surface area contributed by atoms with Crippen LogP contribution in [0.5, 0.6) is 0 Å². The molecule has 114 valence electrons. The number of carbonyl (C=O) groups is 1. The maximum absolute atomic E-state index is 12.1. The zero-order valence-electron chi connectivity index (χ0n) is 12.1. The number of likely N-dealkylation sites (tertiary alicyclic amines) is 1. The molecule has 0 aliphatic carbocycles. The van der Waals surface area contributed by atoms with Crippen molar-refractivity contribution in [1.29, 1.82) is 0 Å². The topological polar surface area (TPSA) is 89.5 Å². The molecule has 1 aromatic rings. The molecule has 0 aromatic heterocycles. The summed E-state index contributed by atoms with van der Waals surface area (Å²) in [5.41, 5.74) is 5.79. The number of nitrogens with two attached hydrogens (primary N) is 1. The van der Waals surface area contributed by atoms with E-state index in [2.05, 4.69) is 4.90 Å². The number of nitro groups is 1. The fourth-order valence-electron chi connectivity index (χ4n) is 2.67. The van der Waals surface area contributed by atoms with Crippen LogP contribution >= 0.6 is 0 Å². The maximum atomic E-state index is 12.1. The lowest BCUT2D eigenvalue weighted by Gasteiger charge is -2.26. The number of hydrogen-bond acceptors (Lipinski definition) is 5. The third-order valence-corrected chi connectivity index (χ3v) is 3.88. The van der Waals surface area contributed by atoms with Crippen LogP contribution in [0.4, 0.5) is 11.4 Å². The van der Waals surface area contributed by atoms with Crippen LogP contribution in [0.3, 0.4) is 0 Å². The number of nitrogen functional groups attached to an aromatic ring is 1. The number of anilines is 1. The molecule has 0 saturated carbocycles. The van der Waals surface area contributed by atoms with Gasteiger partial charge in [0, 0.05) is 18.1 Å².